The Bertz CT molecular complexity index is 442. The lowest BCUT2D eigenvalue weighted by atomic mass is 10.4. The van der Waals surface area contributed by atoms with E-state index in [1.165, 1.54) is 15.8 Å². The van der Waals surface area contributed by atoms with Crippen molar-refractivity contribution in [1.82, 2.24) is 13.9 Å². The largest absolute Gasteiger partial charge is 0.377 e. The number of hydrogen-bond donors (Lipinski definition) is 1. The summed E-state index contributed by atoms with van der Waals surface area (Å²) in [6.07, 6.45) is 0.703. The molecule has 1 aliphatic heterocycles. The van der Waals surface area contributed by atoms with Gasteiger partial charge in [0.05, 0.1) is 12.3 Å². The number of anilines is 1. The summed E-state index contributed by atoms with van der Waals surface area (Å²) in [6.45, 7) is 0.915. The van der Waals surface area contributed by atoms with E-state index in [4.69, 9.17) is 0 Å². The molecule has 2 heterocycles. The number of nitrogens with one attached hydrogen (secondary N) is 1. The van der Waals surface area contributed by atoms with Crippen molar-refractivity contribution in [1.29, 1.82) is 0 Å². The SMILES string of the molecule is CNc1snnc1CN1CCCS1(=O)=O. The number of rotatable bonds is 3. The van der Waals surface area contributed by atoms with Gasteiger partial charge < -0.3 is 5.32 Å². The maximum atomic E-state index is 11.5. The highest BCUT2D eigenvalue weighted by atomic mass is 32.2. The summed E-state index contributed by atoms with van der Waals surface area (Å²) in [4.78, 5) is 0. The summed E-state index contributed by atoms with van der Waals surface area (Å²) in [5.74, 6) is 0.249. The molecule has 1 fully saturated rings. The summed E-state index contributed by atoms with van der Waals surface area (Å²) < 4.78 is 28.4. The van der Waals surface area contributed by atoms with Gasteiger partial charge in [-0.1, -0.05) is 4.49 Å². The summed E-state index contributed by atoms with van der Waals surface area (Å²) in [5.41, 5.74) is 0.702. The van der Waals surface area contributed by atoms with Gasteiger partial charge in [0, 0.05) is 25.1 Å². The van der Waals surface area contributed by atoms with Crippen LogP contribution in [0.4, 0.5) is 5.00 Å². The van der Waals surface area contributed by atoms with E-state index in [2.05, 4.69) is 14.9 Å². The highest BCUT2D eigenvalue weighted by molar-refractivity contribution is 7.89. The topological polar surface area (TPSA) is 75.2 Å². The van der Waals surface area contributed by atoms with Gasteiger partial charge in [0.1, 0.15) is 10.7 Å². The third kappa shape index (κ3) is 2.11. The molecule has 84 valence electrons. The molecule has 0 radical (unpaired) electrons. The average molecular weight is 248 g/mol. The average Bonchev–Trinajstić information content (AvgIpc) is 2.74. The minimum atomic E-state index is -3.05. The zero-order valence-electron chi connectivity index (χ0n) is 8.30. The van der Waals surface area contributed by atoms with E-state index in [1.807, 2.05) is 0 Å². The van der Waals surface area contributed by atoms with Gasteiger partial charge in [-0.2, -0.15) is 4.31 Å². The van der Waals surface area contributed by atoms with Gasteiger partial charge in [-0.25, -0.2) is 8.42 Å². The van der Waals surface area contributed by atoms with Crippen molar-refractivity contribution in [3.8, 4) is 0 Å². The Morgan fingerprint density at radius 1 is 1.60 bits per heavy atom. The summed E-state index contributed by atoms with van der Waals surface area (Å²) >= 11 is 1.24. The first-order valence-electron chi connectivity index (χ1n) is 4.60. The molecule has 1 N–H and O–H groups in total. The van der Waals surface area contributed by atoms with Crippen LogP contribution in [0.2, 0.25) is 0 Å². The van der Waals surface area contributed by atoms with Gasteiger partial charge >= 0.3 is 0 Å². The maximum absolute atomic E-state index is 11.5. The molecule has 8 heteroatoms. The highest BCUT2D eigenvalue weighted by Gasteiger charge is 2.29. The Morgan fingerprint density at radius 3 is 3.00 bits per heavy atom. The van der Waals surface area contributed by atoms with E-state index >= 15 is 0 Å². The zero-order chi connectivity index (χ0) is 10.9. The second kappa shape index (κ2) is 4.03. The summed E-state index contributed by atoms with van der Waals surface area (Å²) in [5, 5.41) is 7.70. The second-order valence-electron chi connectivity index (χ2n) is 3.30. The Hall–Kier alpha value is -0.730. The number of nitrogens with zero attached hydrogens (tertiary/aromatic N) is 3. The number of sulfonamides is 1. The third-order valence-electron chi connectivity index (χ3n) is 2.31. The molecule has 2 rings (SSSR count). The molecule has 6 nitrogen and oxygen atoms in total. The van der Waals surface area contributed by atoms with Crippen molar-refractivity contribution >= 4 is 26.6 Å². The quantitative estimate of drug-likeness (QED) is 0.822. The third-order valence-corrected chi connectivity index (χ3v) is 5.00. The molecular formula is C7H12N4O2S2. The first-order valence-corrected chi connectivity index (χ1v) is 6.98. The van der Waals surface area contributed by atoms with Crippen LogP contribution in [0.25, 0.3) is 0 Å². The van der Waals surface area contributed by atoms with Crippen molar-refractivity contribution in [3.05, 3.63) is 5.69 Å². The molecule has 1 saturated heterocycles. The van der Waals surface area contributed by atoms with E-state index < -0.39 is 10.0 Å². The normalized spacial score (nSPS) is 20.6. The predicted octanol–water partition coefficient (Wildman–Crippen LogP) is 0.115. The lowest BCUT2D eigenvalue weighted by Crippen LogP contribution is -2.25. The fourth-order valence-electron chi connectivity index (χ4n) is 1.54. The van der Waals surface area contributed by atoms with Crippen LogP contribution in [-0.4, -0.2) is 41.7 Å². The van der Waals surface area contributed by atoms with Crippen LogP contribution in [0.5, 0.6) is 0 Å². The summed E-state index contributed by atoms with van der Waals surface area (Å²) in [7, 11) is -1.27. The molecule has 0 unspecified atom stereocenters. The molecule has 0 aliphatic carbocycles. The van der Waals surface area contributed by atoms with Crippen molar-refractivity contribution in [2.24, 2.45) is 0 Å². The van der Waals surface area contributed by atoms with Gasteiger partial charge in [-0.05, 0) is 6.42 Å². The predicted molar refractivity (Wildman–Crippen MR) is 58.3 cm³/mol. The molecule has 1 aromatic rings. The van der Waals surface area contributed by atoms with E-state index in [0.29, 0.717) is 25.2 Å². The lowest BCUT2D eigenvalue weighted by Gasteiger charge is -2.12. The highest BCUT2D eigenvalue weighted by Crippen LogP contribution is 2.22. The minimum absolute atomic E-state index is 0.249. The van der Waals surface area contributed by atoms with E-state index in [1.54, 1.807) is 7.05 Å². The molecule has 0 bridgehead atoms. The monoisotopic (exact) mass is 248 g/mol. The number of hydrogen-bond acceptors (Lipinski definition) is 6. The van der Waals surface area contributed by atoms with Gasteiger partial charge in [-0.15, -0.1) is 5.10 Å². The molecule has 15 heavy (non-hydrogen) atoms. The molecular weight excluding hydrogens is 236 g/mol. The van der Waals surface area contributed by atoms with Crippen LogP contribution in [0.1, 0.15) is 12.1 Å². The minimum Gasteiger partial charge on any atom is -0.377 e. The Balaban J connectivity index is 2.16. The number of aromatic nitrogens is 2. The van der Waals surface area contributed by atoms with Gasteiger partial charge in [0.2, 0.25) is 10.0 Å². The van der Waals surface area contributed by atoms with Crippen molar-refractivity contribution in [3.63, 3.8) is 0 Å². The fraction of sp³-hybridized carbons (Fsp3) is 0.714. The molecule has 0 saturated carbocycles. The van der Waals surface area contributed by atoms with Crippen molar-refractivity contribution in [2.45, 2.75) is 13.0 Å². The molecule has 1 aromatic heterocycles. The maximum Gasteiger partial charge on any atom is 0.214 e. The Morgan fingerprint density at radius 2 is 2.40 bits per heavy atom. The lowest BCUT2D eigenvalue weighted by molar-refractivity contribution is 0.435. The van der Waals surface area contributed by atoms with E-state index in [0.717, 1.165) is 5.00 Å². The van der Waals surface area contributed by atoms with Crippen LogP contribution in [0.15, 0.2) is 0 Å². The standard InChI is InChI=1S/C7H12N4O2S2/c1-8-7-6(9-10-14-7)5-11-3-2-4-15(11,12)13/h8H,2-5H2,1H3. The smallest absolute Gasteiger partial charge is 0.214 e. The van der Waals surface area contributed by atoms with Crippen molar-refractivity contribution in [2.75, 3.05) is 24.7 Å². The first-order chi connectivity index (χ1) is 7.13. The van der Waals surface area contributed by atoms with Crippen molar-refractivity contribution < 1.29 is 8.42 Å². The molecule has 0 atom stereocenters. The Kier molecular flexibility index (Phi) is 2.89. The fourth-order valence-corrected chi connectivity index (χ4v) is 3.54. The van der Waals surface area contributed by atoms with Crippen LogP contribution in [0, 0.1) is 0 Å². The second-order valence-corrected chi connectivity index (χ2v) is 6.14. The van der Waals surface area contributed by atoms with E-state index in [-0.39, 0.29) is 5.75 Å². The van der Waals surface area contributed by atoms with Crippen LogP contribution in [-0.2, 0) is 16.6 Å². The van der Waals surface area contributed by atoms with Gasteiger partial charge in [-0.3, -0.25) is 0 Å². The molecule has 0 aromatic carbocycles. The molecule has 0 spiro atoms. The van der Waals surface area contributed by atoms with Gasteiger partial charge in [0.25, 0.3) is 0 Å². The molecule has 0 amide bonds. The first kappa shape index (κ1) is 10.8. The summed E-state index contributed by atoms with van der Waals surface area (Å²) in [6, 6.07) is 0. The Labute approximate surface area is 92.5 Å². The van der Waals surface area contributed by atoms with Crippen LogP contribution in [0.3, 0.4) is 0 Å². The van der Waals surface area contributed by atoms with E-state index in [9.17, 15) is 8.42 Å². The van der Waals surface area contributed by atoms with Crippen LogP contribution >= 0.6 is 11.5 Å². The molecule has 1 aliphatic rings. The zero-order valence-corrected chi connectivity index (χ0v) is 9.94. The van der Waals surface area contributed by atoms with Crippen LogP contribution < -0.4 is 5.32 Å². The van der Waals surface area contributed by atoms with Gasteiger partial charge in [0.15, 0.2) is 0 Å².